The maximum Gasteiger partial charge on any atom is 0.0790 e. The molecule has 1 aliphatic rings. The van der Waals surface area contributed by atoms with Gasteiger partial charge in [-0.3, -0.25) is 0 Å². The van der Waals surface area contributed by atoms with E-state index < -0.39 is 0 Å². The van der Waals surface area contributed by atoms with Gasteiger partial charge in [0, 0.05) is 4.88 Å². The van der Waals surface area contributed by atoms with E-state index in [0.29, 0.717) is 0 Å². The van der Waals surface area contributed by atoms with Crippen LogP contribution in [0.2, 0.25) is 0 Å². The summed E-state index contributed by atoms with van der Waals surface area (Å²) in [5.74, 6) is 0.778. The Labute approximate surface area is 125 Å². The molecule has 1 saturated carbocycles. The molecule has 0 bridgehead atoms. The van der Waals surface area contributed by atoms with Crippen LogP contribution < -0.4 is 0 Å². The van der Waals surface area contributed by atoms with Crippen molar-refractivity contribution >= 4 is 11.3 Å². The van der Waals surface area contributed by atoms with Gasteiger partial charge in [0.25, 0.3) is 0 Å². The summed E-state index contributed by atoms with van der Waals surface area (Å²) >= 11 is 1.80. The van der Waals surface area contributed by atoms with Crippen molar-refractivity contribution in [2.45, 2.75) is 50.5 Å². The molecule has 2 heteroatoms. The highest BCUT2D eigenvalue weighted by Gasteiger charge is 2.19. The van der Waals surface area contributed by atoms with Crippen LogP contribution in [0.4, 0.5) is 0 Å². The lowest BCUT2D eigenvalue weighted by Crippen LogP contribution is -2.08. The third-order valence-electron chi connectivity index (χ3n) is 4.38. The Hall–Kier alpha value is -1.12. The number of rotatable bonds is 6. The highest BCUT2D eigenvalue weighted by molar-refractivity contribution is 7.09. The number of benzene rings is 1. The predicted molar refractivity (Wildman–Crippen MR) is 85.3 cm³/mol. The molecular formula is C18H22OS. The number of hydrogen-bond acceptors (Lipinski definition) is 2. The van der Waals surface area contributed by atoms with Crippen LogP contribution in [0.1, 0.15) is 60.1 Å². The lowest BCUT2D eigenvalue weighted by molar-refractivity contribution is 0.165. The summed E-state index contributed by atoms with van der Waals surface area (Å²) in [4.78, 5) is 1.41. The Balaban J connectivity index is 1.49. The zero-order valence-corrected chi connectivity index (χ0v) is 12.6. The Bertz CT molecular complexity index is 511. The fourth-order valence-electron chi connectivity index (χ4n) is 2.82. The van der Waals surface area contributed by atoms with Crippen LogP contribution in [0.5, 0.6) is 0 Å². The molecule has 1 atom stereocenters. The van der Waals surface area contributed by atoms with E-state index in [-0.39, 0.29) is 6.10 Å². The first kappa shape index (κ1) is 13.8. The smallest absolute Gasteiger partial charge is 0.0790 e. The van der Waals surface area contributed by atoms with Gasteiger partial charge in [0.05, 0.1) is 6.10 Å². The van der Waals surface area contributed by atoms with Gasteiger partial charge in [-0.2, -0.15) is 0 Å². The predicted octanol–water partition coefficient (Wildman–Crippen LogP) is 5.07. The van der Waals surface area contributed by atoms with Crippen LogP contribution in [0, 0.1) is 0 Å². The van der Waals surface area contributed by atoms with Gasteiger partial charge in [0.1, 0.15) is 0 Å². The number of hydrogen-bond donors (Lipinski definition) is 1. The summed E-state index contributed by atoms with van der Waals surface area (Å²) < 4.78 is 0. The summed E-state index contributed by atoms with van der Waals surface area (Å²) in [6.07, 6.45) is 6.70. The Morgan fingerprint density at radius 2 is 1.95 bits per heavy atom. The van der Waals surface area contributed by atoms with Gasteiger partial charge >= 0.3 is 0 Å². The first-order valence-electron chi connectivity index (χ1n) is 7.63. The molecule has 1 fully saturated rings. The molecule has 0 radical (unpaired) electrons. The third-order valence-corrected chi connectivity index (χ3v) is 5.31. The topological polar surface area (TPSA) is 20.2 Å². The molecule has 1 nitrogen and oxygen atoms in total. The summed E-state index contributed by atoms with van der Waals surface area (Å²) in [6, 6.07) is 12.9. The first-order chi connectivity index (χ1) is 9.83. The molecular weight excluding hydrogens is 264 g/mol. The van der Waals surface area contributed by atoms with Gasteiger partial charge < -0.3 is 5.11 Å². The number of aliphatic hydroxyl groups excluding tert-OH is 1. The molecule has 0 amide bonds. The van der Waals surface area contributed by atoms with E-state index >= 15 is 0 Å². The molecule has 1 aromatic carbocycles. The van der Waals surface area contributed by atoms with Crippen LogP contribution >= 0.6 is 11.3 Å². The summed E-state index contributed by atoms with van der Waals surface area (Å²) in [5, 5.41) is 12.4. The average molecular weight is 286 g/mol. The van der Waals surface area contributed by atoms with E-state index in [9.17, 15) is 5.11 Å². The minimum absolute atomic E-state index is 0.314. The molecule has 2 aromatic rings. The van der Waals surface area contributed by atoms with Crippen molar-refractivity contribution in [2.24, 2.45) is 0 Å². The molecule has 1 N–H and O–H groups in total. The fraction of sp³-hybridized carbons (Fsp3) is 0.444. The van der Waals surface area contributed by atoms with Crippen LogP contribution in [0.25, 0.3) is 0 Å². The summed E-state index contributed by atoms with van der Waals surface area (Å²) in [7, 11) is 0. The lowest BCUT2D eigenvalue weighted by atomic mass is 9.80. The molecule has 1 heterocycles. The second kappa shape index (κ2) is 6.55. The second-order valence-corrected chi connectivity index (χ2v) is 6.81. The second-order valence-electron chi connectivity index (χ2n) is 5.78. The zero-order chi connectivity index (χ0) is 13.8. The summed E-state index contributed by atoms with van der Waals surface area (Å²) in [6.45, 7) is 0. The molecule has 3 rings (SSSR count). The Kier molecular flexibility index (Phi) is 4.54. The first-order valence-corrected chi connectivity index (χ1v) is 8.51. The minimum atomic E-state index is -0.314. The van der Waals surface area contributed by atoms with E-state index in [1.165, 1.54) is 29.7 Å². The van der Waals surface area contributed by atoms with Gasteiger partial charge in [-0.25, -0.2) is 0 Å². The van der Waals surface area contributed by atoms with E-state index in [2.05, 4.69) is 41.8 Å². The van der Waals surface area contributed by atoms with E-state index in [0.717, 1.165) is 30.7 Å². The van der Waals surface area contributed by atoms with Gasteiger partial charge in [-0.1, -0.05) is 36.8 Å². The minimum Gasteiger partial charge on any atom is -0.388 e. The Morgan fingerprint density at radius 1 is 1.15 bits per heavy atom. The molecule has 20 heavy (non-hydrogen) atoms. The highest BCUT2D eigenvalue weighted by Crippen LogP contribution is 2.36. The van der Waals surface area contributed by atoms with Crippen molar-refractivity contribution in [1.29, 1.82) is 0 Å². The fourth-order valence-corrected chi connectivity index (χ4v) is 3.57. The van der Waals surface area contributed by atoms with E-state index in [1.54, 1.807) is 11.3 Å². The van der Waals surface area contributed by atoms with Crippen LogP contribution in [-0.2, 0) is 6.42 Å². The van der Waals surface area contributed by atoms with Gasteiger partial charge in [0.15, 0.2) is 0 Å². The van der Waals surface area contributed by atoms with Gasteiger partial charge in [-0.05, 0) is 60.6 Å². The van der Waals surface area contributed by atoms with Crippen LogP contribution in [0.3, 0.4) is 0 Å². The summed E-state index contributed by atoms with van der Waals surface area (Å²) in [5.41, 5.74) is 2.52. The van der Waals surface area contributed by atoms with Crippen molar-refractivity contribution in [2.75, 3.05) is 0 Å². The third kappa shape index (κ3) is 3.31. The number of aryl methyl sites for hydroxylation is 1. The highest BCUT2D eigenvalue weighted by atomic mass is 32.1. The maximum atomic E-state index is 10.3. The van der Waals surface area contributed by atoms with Gasteiger partial charge in [-0.15, -0.1) is 11.3 Å². The molecule has 0 aliphatic heterocycles. The molecule has 106 valence electrons. The monoisotopic (exact) mass is 286 g/mol. The normalized spacial score (nSPS) is 16.9. The standard InChI is InChI=1S/C18H22OS/c19-18(8-2-6-17-7-3-13-20-17)16-11-9-15(10-12-16)14-4-1-5-14/h3,7,9-14,18-19H,1-2,4-6,8H2. The molecule has 0 saturated heterocycles. The van der Waals surface area contributed by atoms with E-state index in [4.69, 9.17) is 0 Å². The lowest BCUT2D eigenvalue weighted by Gasteiger charge is -2.26. The Morgan fingerprint density at radius 3 is 2.55 bits per heavy atom. The van der Waals surface area contributed by atoms with Crippen molar-refractivity contribution < 1.29 is 5.11 Å². The van der Waals surface area contributed by atoms with E-state index in [1.807, 2.05) is 0 Å². The SMILES string of the molecule is OC(CCCc1cccs1)c1ccc(C2CCC2)cc1. The van der Waals surface area contributed by atoms with Gasteiger partial charge in [0.2, 0.25) is 0 Å². The molecule has 1 aromatic heterocycles. The maximum absolute atomic E-state index is 10.3. The van der Waals surface area contributed by atoms with Crippen molar-refractivity contribution in [3.8, 4) is 0 Å². The largest absolute Gasteiger partial charge is 0.388 e. The quantitative estimate of drug-likeness (QED) is 0.786. The molecule has 0 spiro atoms. The zero-order valence-electron chi connectivity index (χ0n) is 11.8. The van der Waals surface area contributed by atoms with Crippen molar-refractivity contribution in [3.63, 3.8) is 0 Å². The van der Waals surface area contributed by atoms with Crippen molar-refractivity contribution in [1.82, 2.24) is 0 Å². The number of thiophene rings is 1. The van der Waals surface area contributed by atoms with Crippen LogP contribution in [-0.4, -0.2) is 5.11 Å². The average Bonchev–Trinajstić information content (AvgIpc) is 2.91. The number of aliphatic hydroxyl groups is 1. The molecule has 1 unspecified atom stereocenters. The molecule has 1 aliphatic carbocycles. The van der Waals surface area contributed by atoms with Crippen LogP contribution in [0.15, 0.2) is 41.8 Å². The van der Waals surface area contributed by atoms with Crippen molar-refractivity contribution in [3.05, 3.63) is 57.8 Å².